The Morgan fingerprint density at radius 2 is 1.65 bits per heavy atom. The van der Waals surface area contributed by atoms with Crippen LogP contribution in [-0.2, 0) is 10.0 Å². The summed E-state index contributed by atoms with van der Waals surface area (Å²) in [6, 6.07) is 15.1. The van der Waals surface area contributed by atoms with Crippen molar-refractivity contribution in [2.75, 3.05) is 42.5 Å². The lowest BCUT2D eigenvalue weighted by atomic mass is 10.1. The molecule has 1 amide bonds. The van der Waals surface area contributed by atoms with Gasteiger partial charge in [0.25, 0.3) is 5.91 Å². The highest BCUT2D eigenvalue weighted by Gasteiger charge is 2.34. The van der Waals surface area contributed by atoms with E-state index in [2.05, 4.69) is 0 Å². The molecule has 31 heavy (non-hydrogen) atoms. The normalized spacial score (nSPS) is 17.0. The van der Waals surface area contributed by atoms with E-state index >= 15 is 0 Å². The zero-order valence-corrected chi connectivity index (χ0v) is 17.9. The molecule has 2 aliphatic rings. The highest BCUT2D eigenvalue weighted by molar-refractivity contribution is 7.89. The Kier molecular flexibility index (Phi) is 4.71. The lowest BCUT2D eigenvalue weighted by Crippen LogP contribution is -2.48. The molecule has 1 fully saturated rings. The lowest BCUT2D eigenvalue weighted by molar-refractivity contribution is 0.0994. The third-order valence-electron chi connectivity index (χ3n) is 6.11. The molecule has 0 radical (unpaired) electrons. The highest BCUT2D eigenvalue weighted by atomic mass is 32.2. The van der Waals surface area contributed by atoms with Crippen molar-refractivity contribution in [2.24, 2.45) is 0 Å². The summed E-state index contributed by atoms with van der Waals surface area (Å²) in [5.74, 6) is -0.410. The zero-order chi connectivity index (χ0) is 21.8. The predicted octanol–water partition coefficient (Wildman–Crippen LogP) is 3.47. The molecule has 0 unspecified atom stereocenters. The number of carbonyl (C=O) groups is 1. The Morgan fingerprint density at radius 1 is 0.903 bits per heavy atom. The molecule has 0 N–H and O–H groups in total. The van der Waals surface area contributed by atoms with Crippen LogP contribution in [0.5, 0.6) is 0 Å². The Balaban J connectivity index is 1.48. The molecule has 0 atom stereocenters. The van der Waals surface area contributed by atoms with E-state index in [9.17, 15) is 17.6 Å². The number of hydrogen-bond donors (Lipinski definition) is 0. The fraction of sp³-hybridized carbons (Fsp3) is 0.261. The maximum Gasteiger partial charge on any atom is 0.258 e. The van der Waals surface area contributed by atoms with Gasteiger partial charge in [0, 0.05) is 49.1 Å². The van der Waals surface area contributed by atoms with Gasteiger partial charge in [-0.05, 0) is 37.3 Å². The molecule has 160 valence electrons. The number of hydrogen-bond acceptors (Lipinski definition) is 4. The van der Waals surface area contributed by atoms with E-state index in [1.165, 1.54) is 10.4 Å². The fourth-order valence-electron chi connectivity index (χ4n) is 4.57. The van der Waals surface area contributed by atoms with Gasteiger partial charge >= 0.3 is 0 Å². The molecule has 0 spiro atoms. The van der Waals surface area contributed by atoms with Crippen LogP contribution in [0.1, 0.15) is 17.3 Å². The molecular formula is C23H22FN3O3S. The van der Waals surface area contributed by atoms with Crippen LogP contribution in [0.2, 0.25) is 0 Å². The number of para-hydroxylation sites is 1. The summed E-state index contributed by atoms with van der Waals surface area (Å²) in [5.41, 5.74) is 1.78. The number of halogens is 1. The minimum absolute atomic E-state index is 0.101. The van der Waals surface area contributed by atoms with Crippen molar-refractivity contribution in [1.29, 1.82) is 0 Å². The largest absolute Gasteiger partial charge is 0.367 e. The minimum Gasteiger partial charge on any atom is -0.367 e. The van der Waals surface area contributed by atoms with Gasteiger partial charge in [0.15, 0.2) is 0 Å². The third-order valence-corrected chi connectivity index (χ3v) is 8.07. The van der Waals surface area contributed by atoms with Crippen molar-refractivity contribution in [3.8, 4) is 0 Å². The van der Waals surface area contributed by atoms with E-state index in [4.69, 9.17) is 0 Å². The lowest BCUT2D eigenvalue weighted by Gasteiger charge is -2.35. The summed E-state index contributed by atoms with van der Waals surface area (Å²) in [6.07, 6.45) is 0. The second kappa shape index (κ2) is 7.32. The van der Waals surface area contributed by atoms with E-state index in [1.807, 2.05) is 11.8 Å². The molecule has 2 heterocycles. The maximum absolute atomic E-state index is 14.1. The molecular weight excluding hydrogens is 417 g/mol. The molecule has 5 rings (SSSR count). The van der Waals surface area contributed by atoms with Crippen molar-refractivity contribution in [1.82, 2.24) is 4.31 Å². The van der Waals surface area contributed by atoms with Gasteiger partial charge < -0.3 is 9.80 Å². The van der Waals surface area contributed by atoms with Gasteiger partial charge in [0.05, 0.1) is 16.3 Å². The third kappa shape index (κ3) is 3.01. The van der Waals surface area contributed by atoms with Crippen LogP contribution >= 0.6 is 0 Å². The number of nitrogens with zero attached hydrogens (tertiary/aromatic N) is 3. The Labute approximate surface area is 180 Å². The summed E-state index contributed by atoms with van der Waals surface area (Å²) in [7, 11) is -3.77. The quantitative estimate of drug-likeness (QED) is 0.625. The van der Waals surface area contributed by atoms with Crippen LogP contribution in [0.4, 0.5) is 15.8 Å². The molecule has 8 heteroatoms. The van der Waals surface area contributed by atoms with Gasteiger partial charge in [0.2, 0.25) is 10.0 Å². The molecule has 0 bridgehead atoms. The summed E-state index contributed by atoms with van der Waals surface area (Å²) in [4.78, 5) is 16.4. The predicted molar refractivity (Wildman–Crippen MR) is 119 cm³/mol. The number of piperazine rings is 1. The van der Waals surface area contributed by atoms with Crippen LogP contribution in [0.3, 0.4) is 0 Å². The summed E-state index contributed by atoms with van der Waals surface area (Å²) in [5, 5.41) is 1.26. The van der Waals surface area contributed by atoms with Crippen LogP contribution in [0, 0.1) is 5.82 Å². The Hall–Kier alpha value is -2.97. The van der Waals surface area contributed by atoms with Gasteiger partial charge in [-0.2, -0.15) is 4.31 Å². The van der Waals surface area contributed by atoms with Crippen molar-refractivity contribution >= 4 is 38.1 Å². The number of amides is 1. The number of sulfonamides is 1. The zero-order valence-electron chi connectivity index (χ0n) is 17.1. The van der Waals surface area contributed by atoms with Crippen LogP contribution in [0.25, 0.3) is 10.8 Å². The van der Waals surface area contributed by atoms with Crippen molar-refractivity contribution in [2.45, 2.75) is 11.8 Å². The van der Waals surface area contributed by atoms with Crippen molar-refractivity contribution in [3.05, 3.63) is 66.0 Å². The maximum atomic E-state index is 14.1. The molecule has 0 aliphatic carbocycles. The molecule has 0 saturated carbocycles. The van der Waals surface area contributed by atoms with Gasteiger partial charge in [-0.25, -0.2) is 12.8 Å². The monoisotopic (exact) mass is 439 g/mol. The number of benzene rings is 3. The second-order valence-electron chi connectivity index (χ2n) is 7.70. The number of rotatable bonds is 4. The number of anilines is 2. The standard InChI is InChI=1S/C23H22FN3O3S/c1-2-27-20-10-11-21(16-6-5-7-17(22(16)20)23(27)28)31(29,30)26-14-12-25(13-15-26)19-9-4-3-8-18(19)24/h3-11H,2,12-15H2,1H3. The topological polar surface area (TPSA) is 60.9 Å². The van der Waals surface area contributed by atoms with E-state index in [0.717, 1.165) is 5.69 Å². The van der Waals surface area contributed by atoms with Gasteiger partial charge in [-0.3, -0.25) is 4.79 Å². The fourth-order valence-corrected chi connectivity index (χ4v) is 6.19. The van der Waals surface area contributed by atoms with Crippen LogP contribution < -0.4 is 9.80 Å². The summed E-state index contributed by atoms with van der Waals surface area (Å²) < 4.78 is 42.6. The van der Waals surface area contributed by atoms with Crippen molar-refractivity contribution in [3.63, 3.8) is 0 Å². The molecule has 3 aromatic rings. The first-order chi connectivity index (χ1) is 14.9. The van der Waals surface area contributed by atoms with E-state index in [0.29, 0.717) is 41.7 Å². The molecule has 6 nitrogen and oxygen atoms in total. The van der Waals surface area contributed by atoms with E-state index in [-0.39, 0.29) is 29.7 Å². The minimum atomic E-state index is -3.77. The first-order valence-electron chi connectivity index (χ1n) is 10.3. The van der Waals surface area contributed by atoms with Crippen LogP contribution in [0.15, 0.2) is 59.5 Å². The average molecular weight is 440 g/mol. The van der Waals surface area contributed by atoms with Gasteiger partial charge in [-0.1, -0.05) is 24.3 Å². The van der Waals surface area contributed by atoms with Crippen molar-refractivity contribution < 1.29 is 17.6 Å². The number of carbonyl (C=O) groups excluding carboxylic acids is 1. The van der Waals surface area contributed by atoms with Crippen LogP contribution in [-0.4, -0.2) is 51.4 Å². The first kappa shape index (κ1) is 20.0. The molecule has 0 aromatic heterocycles. The molecule has 3 aromatic carbocycles. The first-order valence-corrected chi connectivity index (χ1v) is 11.7. The average Bonchev–Trinajstić information content (AvgIpc) is 3.07. The Bertz CT molecular complexity index is 1300. The van der Waals surface area contributed by atoms with Gasteiger partial charge in [0.1, 0.15) is 5.82 Å². The van der Waals surface area contributed by atoms with E-state index in [1.54, 1.807) is 53.4 Å². The smallest absolute Gasteiger partial charge is 0.258 e. The second-order valence-corrected chi connectivity index (χ2v) is 9.61. The van der Waals surface area contributed by atoms with Gasteiger partial charge in [-0.15, -0.1) is 0 Å². The summed E-state index contributed by atoms with van der Waals surface area (Å²) in [6.45, 7) is 3.76. The Morgan fingerprint density at radius 3 is 2.35 bits per heavy atom. The molecule has 2 aliphatic heterocycles. The SMILES string of the molecule is CCN1C(=O)c2cccc3c(S(=O)(=O)N4CCN(c5ccccc5F)CC4)ccc1c23. The highest BCUT2D eigenvalue weighted by Crippen LogP contribution is 2.40. The summed E-state index contributed by atoms with van der Waals surface area (Å²) >= 11 is 0. The molecule has 1 saturated heterocycles. The van der Waals surface area contributed by atoms with E-state index < -0.39 is 10.0 Å².